The molecule has 0 saturated carbocycles. The molecule has 32 heavy (non-hydrogen) atoms. The van der Waals surface area contributed by atoms with Crippen molar-refractivity contribution in [1.29, 1.82) is 0 Å². The molecular weight excluding hydrogens is 428 g/mol. The average Bonchev–Trinajstić information content (AvgIpc) is 3.39. The quantitative estimate of drug-likeness (QED) is 0.466. The normalized spacial score (nSPS) is 15.3. The lowest BCUT2D eigenvalue weighted by molar-refractivity contribution is -0.113. The summed E-state index contributed by atoms with van der Waals surface area (Å²) in [6.45, 7) is 3.69. The van der Waals surface area contributed by atoms with Crippen LogP contribution in [0.25, 0.3) is 11.4 Å². The number of hydrogen-bond donors (Lipinski definition) is 2. The van der Waals surface area contributed by atoms with Crippen LogP contribution in [0.2, 0.25) is 5.02 Å². The zero-order valence-corrected chi connectivity index (χ0v) is 18.1. The summed E-state index contributed by atoms with van der Waals surface area (Å²) in [7, 11) is 0. The Morgan fingerprint density at radius 3 is 2.78 bits per heavy atom. The molecule has 1 unspecified atom stereocenters. The molecule has 1 aliphatic rings. The summed E-state index contributed by atoms with van der Waals surface area (Å²) >= 11 is 6.15. The number of hydrogen-bond acceptors (Lipinski definition) is 6. The van der Waals surface area contributed by atoms with Gasteiger partial charge in [0.1, 0.15) is 17.6 Å². The molecule has 1 aromatic carbocycles. The Hall–Kier alpha value is -3.91. The highest BCUT2D eigenvalue weighted by Crippen LogP contribution is 2.37. The molecule has 8 nitrogen and oxygen atoms in total. The summed E-state index contributed by atoms with van der Waals surface area (Å²) in [6.07, 6.45) is 3.24. The number of nitrogens with zero attached hydrogens (tertiary/aromatic N) is 4. The zero-order chi connectivity index (χ0) is 22.2. The number of pyridine rings is 1. The first-order chi connectivity index (χ1) is 15.5. The van der Waals surface area contributed by atoms with Gasteiger partial charge in [-0.1, -0.05) is 23.7 Å². The van der Waals surface area contributed by atoms with Crippen molar-refractivity contribution in [2.75, 3.05) is 10.6 Å². The number of nitrogens with one attached hydrogen (secondary N) is 2. The van der Waals surface area contributed by atoms with Crippen LogP contribution in [0.3, 0.4) is 0 Å². The maximum atomic E-state index is 13.3. The summed E-state index contributed by atoms with van der Waals surface area (Å²) in [5.41, 5.74) is 2.49. The number of benzene rings is 1. The Balaban J connectivity index is 1.60. The molecule has 1 atom stereocenters. The molecule has 5 rings (SSSR count). The third kappa shape index (κ3) is 3.65. The highest BCUT2D eigenvalue weighted by atomic mass is 35.5. The van der Waals surface area contributed by atoms with E-state index in [9.17, 15) is 4.79 Å². The SMILES string of the molecule is CC1=C(C(=O)Nc2cccnc2)C(c2ccc(C)o2)n2nc(-c3cccc(Cl)c3)nc2N1. The van der Waals surface area contributed by atoms with Gasteiger partial charge in [0.15, 0.2) is 5.82 Å². The fourth-order valence-electron chi connectivity index (χ4n) is 3.69. The lowest BCUT2D eigenvalue weighted by atomic mass is 10.00. The molecule has 160 valence electrons. The van der Waals surface area contributed by atoms with Crippen LogP contribution in [0.4, 0.5) is 11.6 Å². The molecule has 3 aromatic heterocycles. The minimum Gasteiger partial charge on any atom is -0.464 e. The van der Waals surface area contributed by atoms with Crippen LogP contribution in [0.5, 0.6) is 0 Å². The van der Waals surface area contributed by atoms with Crippen molar-refractivity contribution >= 4 is 29.1 Å². The van der Waals surface area contributed by atoms with Gasteiger partial charge < -0.3 is 15.1 Å². The Morgan fingerprint density at radius 2 is 2.06 bits per heavy atom. The van der Waals surface area contributed by atoms with Gasteiger partial charge in [0.05, 0.1) is 17.5 Å². The predicted octanol–water partition coefficient (Wildman–Crippen LogP) is 4.82. The Bertz CT molecular complexity index is 1340. The van der Waals surface area contributed by atoms with E-state index in [1.54, 1.807) is 41.3 Å². The summed E-state index contributed by atoms with van der Waals surface area (Å²) < 4.78 is 7.60. The van der Waals surface area contributed by atoms with Crippen molar-refractivity contribution < 1.29 is 9.21 Å². The van der Waals surface area contributed by atoms with Crippen molar-refractivity contribution in [2.24, 2.45) is 0 Å². The summed E-state index contributed by atoms with van der Waals surface area (Å²) in [5.74, 6) is 2.04. The van der Waals surface area contributed by atoms with E-state index in [1.807, 2.05) is 38.1 Å². The minimum atomic E-state index is -0.600. The highest BCUT2D eigenvalue weighted by Gasteiger charge is 2.36. The van der Waals surface area contributed by atoms with Gasteiger partial charge in [0.25, 0.3) is 5.91 Å². The van der Waals surface area contributed by atoms with Crippen molar-refractivity contribution in [1.82, 2.24) is 19.7 Å². The standard InChI is InChI=1S/C23H19ClN6O2/c1-13-8-9-18(32-13)20-19(22(31)27-17-7-4-10-25-12-17)14(2)26-23-28-21(29-30(20)23)15-5-3-6-16(24)11-15/h3-12,20H,1-2H3,(H,27,31)(H,26,28,29). The van der Waals surface area contributed by atoms with Gasteiger partial charge in [-0.2, -0.15) is 4.98 Å². The van der Waals surface area contributed by atoms with Crippen molar-refractivity contribution in [2.45, 2.75) is 19.9 Å². The van der Waals surface area contributed by atoms with Gasteiger partial charge >= 0.3 is 0 Å². The number of rotatable bonds is 4. The molecule has 0 saturated heterocycles. The van der Waals surface area contributed by atoms with E-state index in [4.69, 9.17) is 21.1 Å². The molecule has 2 N–H and O–H groups in total. The second kappa shape index (κ2) is 7.97. The number of allylic oxidation sites excluding steroid dienone is 1. The van der Waals surface area contributed by atoms with E-state index in [0.717, 1.165) is 11.3 Å². The van der Waals surface area contributed by atoms with Crippen LogP contribution in [0.15, 0.2) is 76.6 Å². The summed E-state index contributed by atoms with van der Waals surface area (Å²) in [5, 5.41) is 11.4. The second-order valence-electron chi connectivity index (χ2n) is 7.42. The molecule has 4 heterocycles. The number of carbonyl (C=O) groups is 1. The molecule has 0 aliphatic carbocycles. The number of amides is 1. The summed E-state index contributed by atoms with van der Waals surface area (Å²) in [6, 6.07) is 14.0. The molecule has 0 bridgehead atoms. The second-order valence-corrected chi connectivity index (χ2v) is 7.86. The largest absolute Gasteiger partial charge is 0.464 e. The topological polar surface area (TPSA) is 97.9 Å². The number of fused-ring (bicyclic) bond motifs is 1. The van der Waals surface area contributed by atoms with E-state index >= 15 is 0 Å². The Labute approximate surface area is 189 Å². The van der Waals surface area contributed by atoms with E-state index in [-0.39, 0.29) is 5.91 Å². The molecular formula is C23H19ClN6O2. The fraction of sp³-hybridized carbons (Fsp3) is 0.130. The van der Waals surface area contributed by atoms with Gasteiger partial charge in [-0.3, -0.25) is 9.78 Å². The number of aryl methyl sites for hydroxylation is 1. The maximum absolute atomic E-state index is 13.3. The summed E-state index contributed by atoms with van der Waals surface area (Å²) in [4.78, 5) is 22.0. The molecule has 0 fully saturated rings. The first-order valence-electron chi connectivity index (χ1n) is 9.97. The Morgan fingerprint density at radius 1 is 1.19 bits per heavy atom. The first-order valence-corrected chi connectivity index (χ1v) is 10.4. The van der Waals surface area contributed by atoms with Gasteiger partial charge in [-0.25, -0.2) is 4.68 Å². The number of carbonyl (C=O) groups excluding carboxylic acids is 1. The van der Waals surface area contributed by atoms with Crippen molar-refractivity contribution in [3.63, 3.8) is 0 Å². The number of halogens is 1. The average molecular weight is 447 g/mol. The van der Waals surface area contributed by atoms with Gasteiger partial charge in [-0.15, -0.1) is 5.10 Å². The smallest absolute Gasteiger partial charge is 0.256 e. The number of aromatic nitrogens is 4. The number of furan rings is 1. The van der Waals surface area contributed by atoms with Crippen LogP contribution in [0.1, 0.15) is 24.5 Å². The third-order valence-corrected chi connectivity index (χ3v) is 5.37. The van der Waals surface area contributed by atoms with Gasteiger partial charge in [-0.05, 0) is 50.2 Å². The van der Waals surface area contributed by atoms with Crippen LogP contribution >= 0.6 is 11.6 Å². The van der Waals surface area contributed by atoms with Crippen LogP contribution in [0, 0.1) is 6.92 Å². The monoisotopic (exact) mass is 446 g/mol. The van der Waals surface area contributed by atoms with Crippen molar-refractivity contribution in [3.05, 3.63) is 88.7 Å². The highest BCUT2D eigenvalue weighted by molar-refractivity contribution is 6.30. The lowest BCUT2D eigenvalue weighted by Gasteiger charge is -2.27. The van der Waals surface area contributed by atoms with Crippen molar-refractivity contribution in [3.8, 4) is 11.4 Å². The molecule has 9 heteroatoms. The third-order valence-electron chi connectivity index (χ3n) is 5.13. The van der Waals surface area contributed by atoms with E-state index in [1.165, 1.54) is 0 Å². The Kier molecular flexibility index (Phi) is 4.99. The minimum absolute atomic E-state index is 0.285. The molecule has 0 spiro atoms. The molecule has 1 aliphatic heterocycles. The van der Waals surface area contributed by atoms with Gasteiger partial charge in [0.2, 0.25) is 5.95 Å². The van der Waals surface area contributed by atoms with E-state index in [2.05, 4.69) is 20.6 Å². The first kappa shape index (κ1) is 20.0. The van der Waals surface area contributed by atoms with Crippen LogP contribution in [-0.2, 0) is 4.79 Å². The van der Waals surface area contributed by atoms with Crippen LogP contribution < -0.4 is 10.6 Å². The molecule has 0 radical (unpaired) electrons. The zero-order valence-electron chi connectivity index (χ0n) is 17.3. The predicted molar refractivity (Wildman–Crippen MR) is 121 cm³/mol. The fourth-order valence-corrected chi connectivity index (χ4v) is 3.88. The van der Waals surface area contributed by atoms with E-state index in [0.29, 0.717) is 39.5 Å². The van der Waals surface area contributed by atoms with Gasteiger partial charge in [0, 0.05) is 22.5 Å². The van der Waals surface area contributed by atoms with Crippen LogP contribution in [-0.4, -0.2) is 25.7 Å². The molecule has 4 aromatic rings. The van der Waals surface area contributed by atoms with E-state index < -0.39 is 6.04 Å². The molecule has 1 amide bonds. The number of anilines is 2. The maximum Gasteiger partial charge on any atom is 0.256 e. The lowest BCUT2D eigenvalue weighted by Crippen LogP contribution is -2.31.